The summed E-state index contributed by atoms with van der Waals surface area (Å²) in [6.45, 7) is 3.71. The van der Waals surface area contributed by atoms with Crippen LogP contribution < -0.4 is 5.76 Å². The summed E-state index contributed by atoms with van der Waals surface area (Å²) in [5.41, 5.74) is 1.17. The van der Waals surface area contributed by atoms with Gasteiger partial charge >= 0.3 is 5.76 Å². The molecule has 0 spiro atoms. The first-order valence-electron chi connectivity index (χ1n) is 6.42. The lowest BCUT2D eigenvalue weighted by atomic mass is 10.2. The summed E-state index contributed by atoms with van der Waals surface area (Å²) in [5, 5.41) is 3.62. The van der Waals surface area contributed by atoms with Crippen LogP contribution in [0.5, 0.6) is 0 Å². The fourth-order valence-electron chi connectivity index (χ4n) is 1.83. The zero-order chi connectivity index (χ0) is 13.5. The van der Waals surface area contributed by atoms with Crippen LogP contribution in [0.2, 0.25) is 0 Å². The van der Waals surface area contributed by atoms with Crippen LogP contribution in [0.4, 0.5) is 0 Å². The number of unbranched alkanes of at least 4 members (excludes halogenated alkanes) is 1. The second-order valence-corrected chi connectivity index (χ2v) is 4.39. The van der Waals surface area contributed by atoms with E-state index in [1.807, 2.05) is 30.3 Å². The standard InChI is InChI=1S/C14H18N2O3/c1-12-15-19-14(17)16(12)9-5-6-10-18-11-13-7-3-2-4-8-13/h2-4,7-8H,5-6,9-11H2,1H3. The molecule has 102 valence electrons. The van der Waals surface area contributed by atoms with E-state index in [0.717, 1.165) is 12.8 Å². The van der Waals surface area contributed by atoms with Gasteiger partial charge in [0.05, 0.1) is 6.61 Å². The van der Waals surface area contributed by atoms with Crippen molar-refractivity contribution in [1.29, 1.82) is 0 Å². The van der Waals surface area contributed by atoms with Crippen molar-refractivity contribution in [3.05, 3.63) is 52.3 Å². The molecule has 2 aromatic rings. The molecule has 1 aromatic heterocycles. The lowest BCUT2D eigenvalue weighted by Gasteiger charge is -2.04. The van der Waals surface area contributed by atoms with Gasteiger partial charge in [0, 0.05) is 13.2 Å². The Morgan fingerprint density at radius 3 is 2.74 bits per heavy atom. The van der Waals surface area contributed by atoms with Crippen molar-refractivity contribution in [2.45, 2.75) is 32.9 Å². The first kappa shape index (κ1) is 13.5. The number of aryl methyl sites for hydroxylation is 1. The summed E-state index contributed by atoms with van der Waals surface area (Å²) >= 11 is 0. The number of rotatable bonds is 7. The van der Waals surface area contributed by atoms with Crippen LogP contribution in [0.1, 0.15) is 24.2 Å². The average Bonchev–Trinajstić information content (AvgIpc) is 2.75. The predicted octanol–water partition coefficient (Wildman–Crippen LogP) is 2.14. The zero-order valence-electron chi connectivity index (χ0n) is 11.0. The molecule has 0 fully saturated rings. The topological polar surface area (TPSA) is 57.3 Å². The Bertz CT molecular complexity index is 545. The Hall–Kier alpha value is -1.88. The van der Waals surface area contributed by atoms with Gasteiger partial charge in [-0.1, -0.05) is 35.5 Å². The molecule has 0 bridgehead atoms. The minimum atomic E-state index is -0.386. The van der Waals surface area contributed by atoms with E-state index in [1.165, 1.54) is 10.1 Å². The van der Waals surface area contributed by atoms with E-state index in [1.54, 1.807) is 6.92 Å². The summed E-state index contributed by atoms with van der Waals surface area (Å²) in [6.07, 6.45) is 1.78. The number of ether oxygens (including phenoxy) is 1. The summed E-state index contributed by atoms with van der Waals surface area (Å²) in [6, 6.07) is 10.1. The van der Waals surface area contributed by atoms with E-state index in [2.05, 4.69) is 9.68 Å². The lowest BCUT2D eigenvalue weighted by Crippen LogP contribution is -2.16. The predicted molar refractivity (Wildman–Crippen MR) is 70.8 cm³/mol. The van der Waals surface area contributed by atoms with Crippen molar-refractivity contribution in [1.82, 2.24) is 9.72 Å². The maximum absolute atomic E-state index is 11.2. The quantitative estimate of drug-likeness (QED) is 0.717. The molecule has 0 saturated carbocycles. The van der Waals surface area contributed by atoms with E-state index in [-0.39, 0.29) is 5.76 Å². The Labute approximate surface area is 111 Å². The highest BCUT2D eigenvalue weighted by atomic mass is 16.5. The maximum Gasteiger partial charge on any atom is 0.441 e. The summed E-state index contributed by atoms with van der Waals surface area (Å²) in [5.74, 6) is 0.234. The molecule has 19 heavy (non-hydrogen) atoms. The van der Waals surface area contributed by atoms with Crippen molar-refractivity contribution in [2.75, 3.05) is 6.61 Å². The number of hydrogen-bond donors (Lipinski definition) is 0. The third-order valence-electron chi connectivity index (χ3n) is 2.90. The smallest absolute Gasteiger partial charge is 0.377 e. The number of nitrogens with zero attached hydrogens (tertiary/aromatic N) is 2. The third kappa shape index (κ3) is 4.06. The second kappa shape index (κ2) is 6.89. The molecular weight excluding hydrogens is 244 g/mol. The number of aromatic nitrogens is 2. The van der Waals surface area contributed by atoms with Crippen LogP contribution >= 0.6 is 0 Å². The van der Waals surface area contributed by atoms with Gasteiger partial charge in [0.15, 0.2) is 5.82 Å². The van der Waals surface area contributed by atoms with E-state index < -0.39 is 0 Å². The van der Waals surface area contributed by atoms with Crippen LogP contribution in [0, 0.1) is 6.92 Å². The largest absolute Gasteiger partial charge is 0.441 e. The van der Waals surface area contributed by atoms with Crippen molar-refractivity contribution in [3.63, 3.8) is 0 Å². The van der Waals surface area contributed by atoms with Crippen LogP contribution in [-0.2, 0) is 17.9 Å². The summed E-state index contributed by atoms with van der Waals surface area (Å²) in [7, 11) is 0. The zero-order valence-corrected chi connectivity index (χ0v) is 11.0. The Morgan fingerprint density at radius 1 is 1.26 bits per heavy atom. The molecule has 0 aliphatic carbocycles. The molecule has 0 aliphatic rings. The molecule has 5 heteroatoms. The van der Waals surface area contributed by atoms with Gasteiger partial charge in [0.2, 0.25) is 0 Å². The van der Waals surface area contributed by atoms with Crippen LogP contribution in [0.25, 0.3) is 0 Å². The minimum Gasteiger partial charge on any atom is -0.377 e. The van der Waals surface area contributed by atoms with Gasteiger partial charge in [0.25, 0.3) is 0 Å². The first-order valence-corrected chi connectivity index (χ1v) is 6.42. The third-order valence-corrected chi connectivity index (χ3v) is 2.90. The highest BCUT2D eigenvalue weighted by Gasteiger charge is 2.04. The first-order chi connectivity index (χ1) is 9.27. The molecule has 0 unspecified atom stereocenters. The van der Waals surface area contributed by atoms with Gasteiger partial charge in [-0.3, -0.25) is 9.09 Å². The van der Waals surface area contributed by atoms with E-state index in [4.69, 9.17) is 4.74 Å². The highest BCUT2D eigenvalue weighted by molar-refractivity contribution is 5.13. The number of hydrogen-bond acceptors (Lipinski definition) is 4. The Morgan fingerprint density at radius 2 is 2.05 bits per heavy atom. The van der Waals surface area contributed by atoms with Gasteiger partial charge in [-0.15, -0.1) is 0 Å². The van der Waals surface area contributed by atoms with Gasteiger partial charge in [-0.05, 0) is 25.3 Å². The second-order valence-electron chi connectivity index (χ2n) is 4.39. The molecule has 2 rings (SSSR count). The van der Waals surface area contributed by atoms with Gasteiger partial charge in [-0.25, -0.2) is 4.79 Å². The SMILES string of the molecule is Cc1noc(=O)n1CCCCOCc1ccccc1. The van der Waals surface area contributed by atoms with Crippen molar-refractivity contribution < 1.29 is 9.26 Å². The minimum absolute atomic E-state index is 0.386. The van der Waals surface area contributed by atoms with Crippen LogP contribution in [0.3, 0.4) is 0 Å². The van der Waals surface area contributed by atoms with Crippen molar-refractivity contribution in [2.24, 2.45) is 0 Å². The van der Waals surface area contributed by atoms with Crippen molar-refractivity contribution in [3.8, 4) is 0 Å². The molecule has 0 aliphatic heterocycles. The molecule has 1 aromatic carbocycles. The summed E-state index contributed by atoms with van der Waals surface area (Å²) in [4.78, 5) is 11.2. The molecule has 0 amide bonds. The lowest BCUT2D eigenvalue weighted by molar-refractivity contribution is 0.116. The molecule has 0 N–H and O–H groups in total. The monoisotopic (exact) mass is 262 g/mol. The van der Waals surface area contributed by atoms with Crippen molar-refractivity contribution >= 4 is 0 Å². The molecular formula is C14H18N2O3. The number of benzene rings is 1. The van der Waals surface area contributed by atoms with E-state index >= 15 is 0 Å². The fourth-order valence-corrected chi connectivity index (χ4v) is 1.83. The van der Waals surface area contributed by atoms with Gasteiger partial charge in [-0.2, -0.15) is 0 Å². The van der Waals surface area contributed by atoms with Gasteiger partial charge in [0.1, 0.15) is 0 Å². The molecule has 1 heterocycles. The van der Waals surface area contributed by atoms with E-state index in [0.29, 0.717) is 25.6 Å². The molecule has 0 saturated heterocycles. The van der Waals surface area contributed by atoms with Crippen LogP contribution in [-0.4, -0.2) is 16.3 Å². The van der Waals surface area contributed by atoms with E-state index in [9.17, 15) is 4.79 Å². The maximum atomic E-state index is 11.2. The molecule has 0 atom stereocenters. The van der Waals surface area contributed by atoms with Crippen LogP contribution in [0.15, 0.2) is 39.6 Å². The Kier molecular flexibility index (Phi) is 4.92. The normalized spacial score (nSPS) is 10.8. The van der Waals surface area contributed by atoms with Gasteiger partial charge < -0.3 is 4.74 Å². The molecule has 0 radical (unpaired) electrons. The summed E-state index contributed by atoms with van der Waals surface area (Å²) < 4.78 is 11.7. The highest BCUT2D eigenvalue weighted by Crippen LogP contribution is 2.02. The molecule has 5 nitrogen and oxygen atoms in total. The average molecular weight is 262 g/mol. The Balaban J connectivity index is 1.62. The fraction of sp³-hybridized carbons (Fsp3) is 0.429.